The highest BCUT2D eigenvalue weighted by Gasteiger charge is 2.42. The van der Waals surface area contributed by atoms with E-state index in [-0.39, 0.29) is 30.0 Å². The Balaban J connectivity index is 1.50. The summed E-state index contributed by atoms with van der Waals surface area (Å²) in [7, 11) is 0. The molecule has 1 aliphatic rings. The van der Waals surface area contributed by atoms with Crippen LogP contribution >= 0.6 is 0 Å². The van der Waals surface area contributed by atoms with Gasteiger partial charge in [0.25, 0.3) is 0 Å². The number of aromatic amines is 1. The summed E-state index contributed by atoms with van der Waals surface area (Å²) in [5.74, 6) is -1.08. The van der Waals surface area contributed by atoms with Crippen LogP contribution in [0.15, 0.2) is 42.5 Å². The molecule has 3 aromatic rings. The topological polar surface area (TPSA) is 91.1 Å². The van der Waals surface area contributed by atoms with Crippen LogP contribution in [0.3, 0.4) is 0 Å². The number of aryl methyl sites for hydroxylation is 1. The maximum absolute atomic E-state index is 13.6. The van der Waals surface area contributed by atoms with Crippen LogP contribution in [0.4, 0.5) is 10.1 Å². The molecular weight excluding hydrogens is 397 g/mol. The van der Waals surface area contributed by atoms with Crippen molar-refractivity contribution in [2.45, 2.75) is 44.9 Å². The lowest BCUT2D eigenvalue weighted by Crippen LogP contribution is -2.51. The molecule has 7 heteroatoms. The van der Waals surface area contributed by atoms with Crippen molar-refractivity contribution < 1.29 is 18.8 Å². The molecule has 3 N–H and O–H groups in total. The number of nitrogens with one attached hydrogen (secondary N) is 3. The van der Waals surface area contributed by atoms with Gasteiger partial charge in [-0.3, -0.25) is 19.7 Å². The van der Waals surface area contributed by atoms with Gasteiger partial charge in [0, 0.05) is 28.7 Å². The van der Waals surface area contributed by atoms with Crippen molar-refractivity contribution in [2.24, 2.45) is 0 Å². The molecule has 0 aliphatic carbocycles. The lowest BCUT2D eigenvalue weighted by atomic mass is 9.72. The average Bonchev–Trinajstić information content (AvgIpc) is 3.04. The van der Waals surface area contributed by atoms with Gasteiger partial charge >= 0.3 is 0 Å². The van der Waals surface area contributed by atoms with Crippen LogP contribution in [0.1, 0.15) is 43.0 Å². The monoisotopic (exact) mass is 421 g/mol. The van der Waals surface area contributed by atoms with E-state index in [2.05, 4.69) is 15.6 Å². The molecule has 1 aromatic heterocycles. The summed E-state index contributed by atoms with van der Waals surface area (Å²) in [5, 5.41) is 6.00. The summed E-state index contributed by atoms with van der Waals surface area (Å²) in [4.78, 5) is 39.9. The Kier molecular flexibility index (Phi) is 5.35. The van der Waals surface area contributed by atoms with Gasteiger partial charge < -0.3 is 10.3 Å². The molecule has 1 fully saturated rings. The second-order valence-electron chi connectivity index (χ2n) is 8.03. The molecule has 1 atom stereocenters. The van der Waals surface area contributed by atoms with E-state index in [4.69, 9.17) is 0 Å². The van der Waals surface area contributed by atoms with Crippen LogP contribution in [0, 0.1) is 12.7 Å². The Morgan fingerprint density at radius 3 is 2.58 bits per heavy atom. The fourth-order valence-electron chi connectivity index (χ4n) is 4.39. The minimum Gasteiger partial charge on any atom is -0.358 e. The van der Waals surface area contributed by atoms with Crippen molar-refractivity contribution in [3.8, 4) is 0 Å². The molecule has 1 unspecified atom stereocenters. The number of halogens is 1. The maximum Gasteiger partial charge on any atom is 0.237 e. The van der Waals surface area contributed by atoms with Gasteiger partial charge in [-0.15, -0.1) is 0 Å². The molecule has 0 spiro atoms. The summed E-state index contributed by atoms with van der Waals surface area (Å²) in [6, 6.07) is 11.6. The first-order valence-corrected chi connectivity index (χ1v) is 10.3. The van der Waals surface area contributed by atoms with E-state index < -0.39 is 5.41 Å². The second-order valence-corrected chi connectivity index (χ2v) is 8.03. The number of benzene rings is 2. The van der Waals surface area contributed by atoms with Crippen molar-refractivity contribution in [2.75, 3.05) is 5.32 Å². The Labute approximate surface area is 179 Å². The van der Waals surface area contributed by atoms with Gasteiger partial charge in [0.05, 0.1) is 11.8 Å². The van der Waals surface area contributed by atoms with E-state index >= 15 is 0 Å². The summed E-state index contributed by atoms with van der Waals surface area (Å²) in [5.41, 5.74) is 3.07. The summed E-state index contributed by atoms with van der Waals surface area (Å²) >= 11 is 0. The molecule has 0 radical (unpaired) electrons. The number of carbonyl (C=O) groups is 3. The van der Waals surface area contributed by atoms with Crippen LogP contribution in [0.5, 0.6) is 0 Å². The SMILES string of the molecule is CCC1(c2ccc(NC(=O)Cc3c(C)[nH]c4ccc(F)cc34)cc2)CCC(=O)NC1=O. The van der Waals surface area contributed by atoms with Crippen molar-refractivity contribution in [3.05, 3.63) is 65.1 Å². The van der Waals surface area contributed by atoms with Crippen LogP contribution in [-0.2, 0) is 26.2 Å². The van der Waals surface area contributed by atoms with Crippen molar-refractivity contribution >= 4 is 34.3 Å². The molecule has 0 saturated carbocycles. The highest BCUT2D eigenvalue weighted by molar-refractivity contribution is 6.03. The Morgan fingerprint density at radius 1 is 1.16 bits per heavy atom. The predicted molar refractivity (Wildman–Crippen MR) is 116 cm³/mol. The maximum atomic E-state index is 13.6. The van der Waals surface area contributed by atoms with Crippen LogP contribution in [-0.4, -0.2) is 22.7 Å². The number of hydrogen-bond acceptors (Lipinski definition) is 3. The molecule has 3 amide bonds. The van der Waals surface area contributed by atoms with Gasteiger partial charge in [-0.05, 0) is 61.2 Å². The smallest absolute Gasteiger partial charge is 0.237 e. The molecule has 1 aliphatic heterocycles. The fraction of sp³-hybridized carbons (Fsp3) is 0.292. The molecule has 2 aromatic carbocycles. The average molecular weight is 421 g/mol. The van der Waals surface area contributed by atoms with Gasteiger partial charge in [0.1, 0.15) is 5.82 Å². The third-order valence-electron chi connectivity index (χ3n) is 6.21. The molecular formula is C24H24FN3O3. The molecule has 6 nitrogen and oxygen atoms in total. The lowest BCUT2D eigenvalue weighted by molar-refractivity contribution is -0.138. The van der Waals surface area contributed by atoms with E-state index in [1.165, 1.54) is 12.1 Å². The molecule has 160 valence electrons. The van der Waals surface area contributed by atoms with Crippen LogP contribution < -0.4 is 10.6 Å². The molecule has 31 heavy (non-hydrogen) atoms. The number of anilines is 1. The number of hydrogen-bond donors (Lipinski definition) is 3. The molecule has 1 saturated heterocycles. The second kappa shape index (κ2) is 7.98. The zero-order valence-corrected chi connectivity index (χ0v) is 17.5. The summed E-state index contributed by atoms with van der Waals surface area (Å²) < 4.78 is 13.6. The highest BCUT2D eigenvalue weighted by Crippen LogP contribution is 2.36. The first-order valence-electron chi connectivity index (χ1n) is 10.3. The lowest BCUT2D eigenvalue weighted by Gasteiger charge is -2.35. The number of piperidine rings is 1. The van der Waals surface area contributed by atoms with E-state index in [1.807, 2.05) is 26.0 Å². The number of H-pyrrole nitrogens is 1. The van der Waals surface area contributed by atoms with Gasteiger partial charge in [0.2, 0.25) is 17.7 Å². The minimum absolute atomic E-state index is 0.112. The molecule has 0 bridgehead atoms. The van der Waals surface area contributed by atoms with Gasteiger partial charge in [-0.25, -0.2) is 4.39 Å². The van der Waals surface area contributed by atoms with Gasteiger partial charge in [-0.2, -0.15) is 0 Å². The standard InChI is InChI=1S/C24H24FN3O3/c1-3-24(11-10-21(29)28-23(24)31)15-4-7-17(8-5-15)27-22(30)13-18-14(2)26-20-9-6-16(25)12-19(18)20/h4-9,12,26H,3,10-11,13H2,1-2H3,(H,27,30)(H,28,29,31). The molecule has 4 rings (SSSR count). The number of aromatic nitrogens is 1. The van der Waals surface area contributed by atoms with Crippen LogP contribution in [0.2, 0.25) is 0 Å². The van der Waals surface area contributed by atoms with Crippen molar-refractivity contribution in [1.82, 2.24) is 10.3 Å². The number of amides is 3. The summed E-state index contributed by atoms with van der Waals surface area (Å²) in [6.45, 7) is 3.79. The van der Waals surface area contributed by atoms with E-state index in [0.29, 0.717) is 30.3 Å². The Hall–Kier alpha value is -3.48. The highest BCUT2D eigenvalue weighted by atomic mass is 19.1. The number of imide groups is 1. The first-order chi connectivity index (χ1) is 14.8. The van der Waals surface area contributed by atoms with Crippen molar-refractivity contribution in [1.29, 1.82) is 0 Å². The zero-order valence-electron chi connectivity index (χ0n) is 17.5. The number of fused-ring (bicyclic) bond motifs is 1. The summed E-state index contributed by atoms with van der Waals surface area (Å²) in [6.07, 6.45) is 1.47. The Bertz CT molecular complexity index is 1180. The quantitative estimate of drug-likeness (QED) is 0.546. The predicted octanol–water partition coefficient (Wildman–Crippen LogP) is 3.88. The normalized spacial score (nSPS) is 18.8. The molecule has 2 heterocycles. The van der Waals surface area contributed by atoms with E-state index in [1.54, 1.807) is 18.2 Å². The minimum atomic E-state index is -0.734. The Morgan fingerprint density at radius 2 is 1.90 bits per heavy atom. The first kappa shape index (κ1) is 20.8. The third-order valence-corrected chi connectivity index (χ3v) is 6.21. The third kappa shape index (κ3) is 3.83. The fourth-order valence-corrected chi connectivity index (χ4v) is 4.39. The largest absolute Gasteiger partial charge is 0.358 e. The van der Waals surface area contributed by atoms with E-state index in [9.17, 15) is 18.8 Å². The number of rotatable bonds is 5. The van der Waals surface area contributed by atoms with E-state index in [0.717, 1.165) is 22.3 Å². The van der Waals surface area contributed by atoms with Gasteiger partial charge in [0.15, 0.2) is 0 Å². The van der Waals surface area contributed by atoms with Crippen LogP contribution in [0.25, 0.3) is 10.9 Å². The van der Waals surface area contributed by atoms with Crippen molar-refractivity contribution in [3.63, 3.8) is 0 Å². The zero-order chi connectivity index (χ0) is 22.2. The van der Waals surface area contributed by atoms with Gasteiger partial charge in [-0.1, -0.05) is 19.1 Å². The number of carbonyl (C=O) groups excluding carboxylic acids is 3.